The van der Waals surface area contributed by atoms with Crippen LogP contribution < -0.4 is 11.5 Å². The molecule has 72 valence electrons. The van der Waals surface area contributed by atoms with Gasteiger partial charge in [-0.25, -0.2) is 0 Å². The van der Waals surface area contributed by atoms with Gasteiger partial charge in [-0.15, -0.1) is 0 Å². The molecular formula is C9H13BrN2O. The SMILES string of the molecule is NC(CO)C(N)c1ccccc1Br. The number of aliphatic hydroxyl groups excluding tert-OH is 1. The number of hydrogen-bond acceptors (Lipinski definition) is 3. The van der Waals surface area contributed by atoms with Gasteiger partial charge in [0, 0.05) is 16.6 Å². The molecule has 4 heteroatoms. The largest absolute Gasteiger partial charge is 0.395 e. The molecule has 13 heavy (non-hydrogen) atoms. The first-order valence-corrected chi connectivity index (χ1v) is 4.82. The van der Waals surface area contributed by atoms with Gasteiger partial charge in [0.25, 0.3) is 0 Å². The highest BCUT2D eigenvalue weighted by atomic mass is 79.9. The van der Waals surface area contributed by atoms with Gasteiger partial charge in [-0.05, 0) is 11.6 Å². The van der Waals surface area contributed by atoms with Crippen molar-refractivity contribution in [3.8, 4) is 0 Å². The van der Waals surface area contributed by atoms with E-state index in [-0.39, 0.29) is 12.6 Å². The molecule has 0 aliphatic carbocycles. The standard InChI is InChI=1S/C9H13BrN2O/c10-7-4-2-1-3-6(7)9(12)8(11)5-13/h1-4,8-9,13H,5,11-12H2. The van der Waals surface area contributed by atoms with Gasteiger partial charge < -0.3 is 16.6 Å². The normalized spacial score (nSPS) is 15.4. The number of aliphatic hydroxyl groups is 1. The van der Waals surface area contributed by atoms with Gasteiger partial charge in [-0.3, -0.25) is 0 Å². The lowest BCUT2D eigenvalue weighted by Gasteiger charge is -2.18. The summed E-state index contributed by atoms with van der Waals surface area (Å²) in [5.74, 6) is 0. The number of halogens is 1. The van der Waals surface area contributed by atoms with E-state index in [1.54, 1.807) is 0 Å². The molecule has 0 spiro atoms. The monoisotopic (exact) mass is 244 g/mol. The van der Waals surface area contributed by atoms with Crippen LogP contribution in [-0.2, 0) is 0 Å². The van der Waals surface area contributed by atoms with E-state index in [2.05, 4.69) is 15.9 Å². The summed E-state index contributed by atoms with van der Waals surface area (Å²) >= 11 is 3.38. The van der Waals surface area contributed by atoms with Crippen LogP contribution in [-0.4, -0.2) is 17.8 Å². The van der Waals surface area contributed by atoms with Gasteiger partial charge in [-0.1, -0.05) is 34.1 Å². The predicted octanol–water partition coefficient (Wildman–Crippen LogP) is 0.769. The van der Waals surface area contributed by atoms with Crippen molar-refractivity contribution in [3.63, 3.8) is 0 Å². The lowest BCUT2D eigenvalue weighted by Crippen LogP contribution is -2.37. The first-order valence-electron chi connectivity index (χ1n) is 4.03. The molecule has 5 N–H and O–H groups in total. The average Bonchev–Trinajstić information content (AvgIpc) is 2.16. The Morgan fingerprint density at radius 3 is 2.46 bits per heavy atom. The summed E-state index contributed by atoms with van der Waals surface area (Å²) < 4.78 is 0.923. The summed E-state index contributed by atoms with van der Waals surface area (Å²) in [5, 5.41) is 8.84. The highest BCUT2D eigenvalue weighted by Crippen LogP contribution is 2.22. The molecule has 0 fully saturated rings. The van der Waals surface area contributed by atoms with E-state index in [0.717, 1.165) is 10.0 Å². The molecule has 0 radical (unpaired) electrons. The minimum Gasteiger partial charge on any atom is -0.395 e. The van der Waals surface area contributed by atoms with Crippen molar-refractivity contribution in [3.05, 3.63) is 34.3 Å². The van der Waals surface area contributed by atoms with Crippen LogP contribution in [0.25, 0.3) is 0 Å². The molecule has 1 aromatic rings. The minimum absolute atomic E-state index is 0.109. The molecule has 2 unspecified atom stereocenters. The first-order chi connectivity index (χ1) is 6.16. The van der Waals surface area contributed by atoms with Gasteiger partial charge in [0.15, 0.2) is 0 Å². The van der Waals surface area contributed by atoms with Crippen molar-refractivity contribution >= 4 is 15.9 Å². The van der Waals surface area contributed by atoms with E-state index in [4.69, 9.17) is 16.6 Å². The van der Waals surface area contributed by atoms with Crippen LogP contribution in [0.5, 0.6) is 0 Å². The molecule has 1 aromatic carbocycles. The minimum atomic E-state index is -0.418. The zero-order valence-corrected chi connectivity index (χ0v) is 8.74. The molecule has 0 amide bonds. The predicted molar refractivity (Wildman–Crippen MR) is 56.1 cm³/mol. The van der Waals surface area contributed by atoms with Gasteiger partial charge in [0.1, 0.15) is 0 Å². The third kappa shape index (κ3) is 2.51. The first kappa shape index (κ1) is 10.7. The second-order valence-corrected chi connectivity index (χ2v) is 3.75. The van der Waals surface area contributed by atoms with E-state index < -0.39 is 6.04 Å². The molecule has 0 aromatic heterocycles. The fourth-order valence-corrected chi connectivity index (χ4v) is 1.64. The van der Waals surface area contributed by atoms with Crippen LogP contribution in [0.2, 0.25) is 0 Å². The van der Waals surface area contributed by atoms with Crippen molar-refractivity contribution in [2.45, 2.75) is 12.1 Å². The van der Waals surface area contributed by atoms with Gasteiger partial charge in [0.05, 0.1) is 6.61 Å². The van der Waals surface area contributed by atoms with Gasteiger partial charge in [0.2, 0.25) is 0 Å². The van der Waals surface area contributed by atoms with E-state index in [1.807, 2.05) is 24.3 Å². The lowest BCUT2D eigenvalue weighted by atomic mass is 10.0. The fourth-order valence-electron chi connectivity index (χ4n) is 1.09. The summed E-state index contributed by atoms with van der Waals surface area (Å²) in [6.45, 7) is -0.109. The van der Waals surface area contributed by atoms with Gasteiger partial charge in [-0.2, -0.15) is 0 Å². The lowest BCUT2D eigenvalue weighted by molar-refractivity contribution is 0.249. The quantitative estimate of drug-likeness (QED) is 0.736. The summed E-state index contributed by atoms with van der Waals surface area (Å²) in [6, 6.07) is 6.84. The van der Waals surface area contributed by atoms with E-state index in [1.165, 1.54) is 0 Å². The maximum absolute atomic E-state index is 8.84. The van der Waals surface area contributed by atoms with Crippen molar-refractivity contribution in [2.75, 3.05) is 6.61 Å². The van der Waals surface area contributed by atoms with Crippen molar-refractivity contribution < 1.29 is 5.11 Å². The number of rotatable bonds is 3. The molecule has 3 nitrogen and oxygen atoms in total. The number of nitrogens with two attached hydrogens (primary N) is 2. The molecule has 0 aliphatic rings. The summed E-state index contributed by atoms with van der Waals surface area (Å²) in [4.78, 5) is 0. The van der Waals surface area contributed by atoms with Crippen molar-refractivity contribution in [1.82, 2.24) is 0 Å². The average molecular weight is 245 g/mol. The third-order valence-corrected chi connectivity index (χ3v) is 2.66. The Morgan fingerprint density at radius 1 is 1.31 bits per heavy atom. The summed E-state index contributed by atoms with van der Waals surface area (Å²) in [7, 11) is 0. The van der Waals surface area contributed by atoms with Crippen molar-refractivity contribution in [2.24, 2.45) is 11.5 Å². The fraction of sp³-hybridized carbons (Fsp3) is 0.333. The Labute approximate surface area is 85.9 Å². The Bertz CT molecular complexity index is 280. The molecule has 0 aliphatic heterocycles. The molecule has 0 heterocycles. The van der Waals surface area contributed by atoms with Crippen LogP contribution in [0.4, 0.5) is 0 Å². The Hall–Kier alpha value is -0.420. The Balaban J connectivity index is 2.88. The topological polar surface area (TPSA) is 72.3 Å². The number of hydrogen-bond donors (Lipinski definition) is 3. The van der Waals surface area contributed by atoms with Crippen LogP contribution in [0.1, 0.15) is 11.6 Å². The van der Waals surface area contributed by atoms with E-state index >= 15 is 0 Å². The van der Waals surface area contributed by atoms with Gasteiger partial charge >= 0.3 is 0 Å². The highest BCUT2D eigenvalue weighted by molar-refractivity contribution is 9.10. The van der Waals surface area contributed by atoms with Crippen LogP contribution in [0.3, 0.4) is 0 Å². The van der Waals surface area contributed by atoms with Crippen LogP contribution >= 0.6 is 15.9 Å². The second kappa shape index (κ2) is 4.72. The Kier molecular flexibility index (Phi) is 3.87. The molecule has 1 rings (SSSR count). The zero-order valence-electron chi connectivity index (χ0n) is 7.15. The Morgan fingerprint density at radius 2 is 1.92 bits per heavy atom. The molecule has 0 bridgehead atoms. The van der Waals surface area contributed by atoms with E-state index in [9.17, 15) is 0 Å². The second-order valence-electron chi connectivity index (χ2n) is 2.89. The highest BCUT2D eigenvalue weighted by Gasteiger charge is 2.16. The maximum Gasteiger partial charge on any atom is 0.0601 e. The molecular weight excluding hydrogens is 232 g/mol. The summed E-state index contributed by atoms with van der Waals surface area (Å²) in [6.07, 6.45) is 0. The van der Waals surface area contributed by atoms with Crippen LogP contribution in [0.15, 0.2) is 28.7 Å². The molecule has 0 saturated carbocycles. The molecule has 0 saturated heterocycles. The third-order valence-electron chi connectivity index (χ3n) is 1.94. The maximum atomic E-state index is 8.84. The van der Waals surface area contributed by atoms with Crippen LogP contribution in [0, 0.1) is 0 Å². The number of benzene rings is 1. The molecule has 2 atom stereocenters. The smallest absolute Gasteiger partial charge is 0.0601 e. The van der Waals surface area contributed by atoms with Crippen molar-refractivity contribution in [1.29, 1.82) is 0 Å². The summed E-state index contributed by atoms with van der Waals surface area (Å²) in [5.41, 5.74) is 12.4. The zero-order chi connectivity index (χ0) is 9.84. The van der Waals surface area contributed by atoms with E-state index in [0.29, 0.717) is 0 Å².